The Balaban J connectivity index is 2.11. The van der Waals surface area contributed by atoms with Crippen molar-refractivity contribution in [2.45, 2.75) is 51.1 Å². The summed E-state index contributed by atoms with van der Waals surface area (Å²) in [6, 6.07) is -0.0958. The second kappa shape index (κ2) is 5.26. The van der Waals surface area contributed by atoms with E-state index in [-0.39, 0.29) is 11.8 Å². The summed E-state index contributed by atoms with van der Waals surface area (Å²) in [4.78, 5) is 24.5. The quantitative estimate of drug-likeness (QED) is 0.778. The van der Waals surface area contributed by atoms with Gasteiger partial charge in [-0.2, -0.15) is 0 Å². The first kappa shape index (κ1) is 13.3. The Morgan fingerprint density at radius 2 is 2.06 bits per heavy atom. The second-order valence-electron chi connectivity index (χ2n) is 5.70. The van der Waals surface area contributed by atoms with Crippen LogP contribution in [0.2, 0.25) is 0 Å². The molecule has 1 heterocycles. The van der Waals surface area contributed by atoms with Crippen LogP contribution in [0.3, 0.4) is 0 Å². The number of hydrogen-bond donors (Lipinski definition) is 2. The molecule has 0 aromatic heterocycles. The van der Waals surface area contributed by atoms with Crippen molar-refractivity contribution in [2.24, 2.45) is 17.6 Å². The summed E-state index contributed by atoms with van der Waals surface area (Å²) < 4.78 is 0. The number of fused-ring (bicyclic) bond motifs is 1. The standard InChI is InChI=1S/C13H22N2O3/c1-8(12(14)16)7-15-10-5-3-2-4-9(10)6-11(15)13(17)18/h8-11H,2-7H2,1H3,(H2,14,16)(H,17,18). The molecule has 4 atom stereocenters. The van der Waals surface area contributed by atoms with Crippen LogP contribution in [0.15, 0.2) is 0 Å². The SMILES string of the molecule is CC(CN1C(C(=O)O)CC2CCCCC21)C(N)=O. The summed E-state index contributed by atoms with van der Waals surface area (Å²) in [5, 5.41) is 9.32. The molecule has 1 saturated heterocycles. The molecule has 1 amide bonds. The number of aliphatic carboxylic acids is 1. The van der Waals surface area contributed by atoms with Crippen LogP contribution in [0, 0.1) is 11.8 Å². The van der Waals surface area contributed by atoms with Crippen molar-refractivity contribution in [1.82, 2.24) is 4.90 Å². The van der Waals surface area contributed by atoms with E-state index in [0.717, 1.165) is 25.7 Å². The maximum atomic E-state index is 11.3. The van der Waals surface area contributed by atoms with E-state index in [9.17, 15) is 14.7 Å². The van der Waals surface area contributed by atoms with Crippen LogP contribution in [0.25, 0.3) is 0 Å². The number of nitrogens with zero attached hydrogens (tertiary/aromatic N) is 1. The van der Waals surface area contributed by atoms with Gasteiger partial charge in [0, 0.05) is 18.5 Å². The van der Waals surface area contributed by atoms with Crippen LogP contribution in [-0.4, -0.2) is 40.5 Å². The molecule has 102 valence electrons. The predicted octanol–water partition coefficient (Wildman–Crippen LogP) is 0.825. The Labute approximate surface area is 107 Å². The molecule has 4 unspecified atom stereocenters. The van der Waals surface area contributed by atoms with E-state index in [4.69, 9.17) is 5.73 Å². The van der Waals surface area contributed by atoms with Crippen molar-refractivity contribution >= 4 is 11.9 Å². The summed E-state index contributed by atoms with van der Waals surface area (Å²) in [7, 11) is 0. The lowest BCUT2D eigenvalue weighted by atomic mass is 9.84. The highest BCUT2D eigenvalue weighted by atomic mass is 16.4. The summed E-state index contributed by atoms with van der Waals surface area (Å²) in [6.45, 7) is 2.25. The molecule has 18 heavy (non-hydrogen) atoms. The summed E-state index contributed by atoms with van der Waals surface area (Å²) in [6.07, 6.45) is 5.27. The number of carboxylic acid groups (broad SMARTS) is 1. The number of likely N-dealkylation sites (tertiary alicyclic amines) is 1. The summed E-state index contributed by atoms with van der Waals surface area (Å²) >= 11 is 0. The number of carbonyl (C=O) groups excluding carboxylic acids is 1. The van der Waals surface area contributed by atoms with Gasteiger partial charge in [0.25, 0.3) is 0 Å². The number of rotatable bonds is 4. The number of carboxylic acids is 1. The van der Waals surface area contributed by atoms with Crippen molar-refractivity contribution in [1.29, 1.82) is 0 Å². The summed E-state index contributed by atoms with van der Waals surface area (Å²) in [5.41, 5.74) is 5.29. The lowest BCUT2D eigenvalue weighted by molar-refractivity contribution is -0.143. The van der Waals surface area contributed by atoms with Gasteiger partial charge in [0.05, 0.1) is 0 Å². The lowest BCUT2D eigenvalue weighted by Crippen LogP contribution is -2.46. The van der Waals surface area contributed by atoms with E-state index >= 15 is 0 Å². The zero-order valence-electron chi connectivity index (χ0n) is 10.8. The van der Waals surface area contributed by atoms with Crippen LogP contribution in [0.4, 0.5) is 0 Å². The van der Waals surface area contributed by atoms with Crippen molar-refractivity contribution in [3.05, 3.63) is 0 Å². The maximum Gasteiger partial charge on any atom is 0.320 e. The first-order valence-corrected chi connectivity index (χ1v) is 6.78. The largest absolute Gasteiger partial charge is 0.480 e. The molecule has 1 aliphatic carbocycles. The van der Waals surface area contributed by atoms with Crippen LogP contribution in [-0.2, 0) is 9.59 Å². The number of primary amides is 1. The third kappa shape index (κ3) is 2.51. The Kier molecular flexibility index (Phi) is 3.90. The Morgan fingerprint density at radius 3 is 2.67 bits per heavy atom. The van der Waals surface area contributed by atoms with Gasteiger partial charge in [0.15, 0.2) is 0 Å². The fourth-order valence-corrected chi connectivity index (χ4v) is 3.46. The number of hydrogen-bond acceptors (Lipinski definition) is 3. The van der Waals surface area contributed by atoms with Crippen molar-refractivity contribution in [2.75, 3.05) is 6.54 Å². The molecule has 3 N–H and O–H groups in total. The molecule has 0 radical (unpaired) electrons. The van der Waals surface area contributed by atoms with E-state index in [1.54, 1.807) is 6.92 Å². The molecule has 2 aliphatic rings. The van der Waals surface area contributed by atoms with Gasteiger partial charge in [-0.25, -0.2) is 0 Å². The molecular weight excluding hydrogens is 232 g/mol. The highest BCUT2D eigenvalue weighted by Crippen LogP contribution is 2.40. The Hall–Kier alpha value is -1.10. The molecule has 0 aromatic carbocycles. The average Bonchev–Trinajstić information content (AvgIpc) is 2.68. The van der Waals surface area contributed by atoms with E-state index < -0.39 is 12.0 Å². The minimum atomic E-state index is -0.763. The average molecular weight is 254 g/mol. The lowest BCUT2D eigenvalue weighted by Gasteiger charge is -2.34. The second-order valence-corrected chi connectivity index (χ2v) is 5.70. The third-order valence-corrected chi connectivity index (χ3v) is 4.48. The Morgan fingerprint density at radius 1 is 1.39 bits per heavy atom. The molecule has 0 bridgehead atoms. The normalized spacial score (nSPS) is 33.9. The number of amides is 1. The van der Waals surface area contributed by atoms with Crippen molar-refractivity contribution in [3.63, 3.8) is 0 Å². The molecule has 1 aliphatic heterocycles. The van der Waals surface area contributed by atoms with E-state index in [1.807, 2.05) is 4.90 Å². The molecule has 2 rings (SSSR count). The fourth-order valence-electron chi connectivity index (χ4n) is 3.46. The minimum absolute atomic E-state index is 0.285. The molecule has 0 spiro atoms. The third-order valence-electron chi connectivity index (χ3n) is 4.48. The van der Waals surface area contributed by atoms with Gasteiger partial charge in [-0.15, -0.1) is 0 Å². The molecule has 2 fully saturated rings. The van der Waals surface area contributed by atoms with Crippen molar-refractivity contribution < 1.29 is 14.7 Å². The Bertz CT molecular complexity index is 345. The monoisotopic (exact) mass is 254 g/mol. The van der Waals surface area contributed by atoms with Gasteiger partial charge in [0.2, 0.25) is 5.91 Å². The molecule has 5 heteroatoms. The van der Waals surface area contributed by atoms with Crippen LogP contribution in [0.5, 0.6) is 0 Å². The van der Waals surface area contributed by atoms with Gasteiger partial charge in [-0.05, 0) is 25.2 Å². The van der Waals surface area contributed by atoms with Crippen molar-refractivity contribution in [3.8, 4) is 0 Å². The maximum absolute atomic E-state index is 11.3. The minimum Gasteiger partial charge on any atom is -0.480 e. The first-order chi connectivity index (χ1) is 8.50. The zero-order valence-corrected chi connectivity index (χ0v) is 10.8. The van der Waals surface area contributed by atoms with Gasteiger partial charge in [0.1, 0.15) is 6.04 Å². The highest BCUT2D eigenvalue weighted by molar-refractivity contribution is 5.77. The van der Waals surface area contributed by atoms with Crippen LogP contribution in [0.1, 0.15) is 39.0 Å². The topological polar surface area (TPSA) is 83.6 Å². The highest BCUT2D eigenvalue weighted by Gasteiger charge is 2.45. The van der Waals surface area contributed by atoms with E-state index in [0.29, 0.717) is 18.5 Å². The molecular formula is C13H22N2O3. The van der Waals surface area contributed by atoms with Crippen LogP contribution >= 0.6 is 0 Å². The number of carbonyl (C=O) groups is 2. The van der Waals surface area contributed by atoms with Gasteiger partial charge in [-0.3, -0.25) is 14.5 Å². The summed E-state index contributed by atoms with van der Waals surface area (Å²) in [5.74, 6) is -0.910. The predicted molar refractivity (Wildman–Crippen MR) is 66.9 cm³/mol. The van der Waals surface area contributed by atoms with Gasteiger partial charge in [-0.1, -0.05) is 19.8 Å². The zero-order chi connectivity index (χ0) is 13.3. The van der Waals surface area contributed by atoms with Gasteiger partial charge >= 0.3 is 5.97 Å². The number of nitrogens with two attached hydrogens (primary N) is 1. The van der Waals surface area contributed by atoms with Gasteiger partial charge < -0.3 is 10.8 Å². The van der Waals surface area contributed by atoms with E-state index in [2.05, 4.69) is 0 Å². The first-order valence-electron chi connectivity index (χ1n) is 6.78. The molecule has 1 saturated carbocycles. The van der Waals surface area contributed by atoms with E-state index in [1.165, 1.54) is 6.42 Å². The van der Waals surface area contributed by atoms with Crippen LogP contribution < -0.4 is 5.73 Å². The smallest absolute Gasteiger partial charge is 0.320 e. The molecule has 0 aromatic rings. The fraction of sp³-hybridized carbons (Fsp3) is 0.846. The molecule has 5 nitrogen and oxygen atoms in total.